The number of carboxylic acid groups (broad SMARTS) is 1. The predicted octanol–water partition coefficient (Wildman–Crippen LogP) is 1.46. The van der Waals surface area contributed by atoms with Crippen molar-refractivity contribution in [2.45, 2.75) is 12.5 Å². The van der Waals surface area contributed by atoms with Crippen LogP contribution in [0.2, 0.25) is 5.02 Å². The fourth-order valence-corrected chi connectivity index (χ4v) is 1.28. The van der Waals surface area contributed by atoms with E-state index in [9.17, 15) is 9.90 Å². The summed E-state index contributed by atoms with van der Waals surface area (Å²) >= 11 is 5.76. The van der Waals surface area contributed by atoms with Gasteiger partial charge >= 0.3 is 5.97 Å². The normalized spacial score (nSPS) is 13.5. The fourth-order valence-electron chi connectivity index (χ4n) is 1.10. The zero-order valence-electron chi connectivity index (χ0n) is 9.07. The van der Waals surface area contributed by atoms with E-state index in [0.29, 0.717) is 16.3 Å². The van der Waals surface area contributed by atoms with E-state index in [2.05, 4.69) is 5.32 Å². The first-order chi connectivity index (χ1) is 7.86. The standard InChI is InChI=1S/C11H11ClN2O3/c1-11(17,10(15)16)6-14-9-4-8(12)3-2-7(9)5-13/h2-4,14,17H,6H2,1H3,(H,15,16). The van der Waals surface area contributed by atoms with Crippen LogP contribution in [0.3, 0.4) is 0 Å². The number of rotatable bonds is 4. The van der Waals surface area contributed by atoms with Crippen LogP contribution in [-0.2, 0) is 4.79 Å². The lowest BCUT2D eigenvalue weighted by atomic mass is 10.1. The van der Waals surface area contributed by atoms with Gasteiger partial charge in [-0.15, -0.1) is 0 Å². The molecule has 1 rings (SSSR count). The van der Waals surface area contributed by atoms with Crippen LogP contribution in [0.25, 0.3) is 0 Å². The van der Waals surface area contributed by atoms with Crippen LogP contribution in [0.5, 0.6) is 0 Å². The third-order valence-corrected chi connectivity index (χ3v) is 2.42. The maximum absolute atomic E-state index is 10.7. The van der Waals surface area contributed by atoms with Crippen LogP contribution in [0.1, 0.15) is 12.5 Å². The van der Waals surface area contributed by atoms with Gasteiger partial charge < -0.3 is 15.5 Å². The van der Waals surface area contributed by atoms with Gasteiger partial charge in [-0.05, 0) is 25.1 Å². The van der Waals surface area contributed by atoms with Gasteiger partial charge in [-0.3, -0.25) is 0 Å². The first-order valence-electron chi connectivity index (χ1n) is 4.76. The van der Waals surface area contributed by atoms with Gasteiger partial charge in [-0.25, -0.2) is 4.79 Å². The van der Waals surface area contributed by atoms with E-state index in [1.165, 1.54) is 19.1 Å². The Morgan fingerprint density at radius 1 is 1.65 bits per heavy atom. The van der Waals surface area contributed by atoms with Crippen LogP contribution in [0.15, 0.2) is 18.2 Å². The van der Waals surface area contributed by atoms with Gasteiger partial charge in [0.2, 0.25) is 0 Å². The highest BCUT2D eigenvalue weighted by Gasteiger charge is 2.29. The minimum Gasteiger partial charge on any atom is -0.479 e. The van der Waals surface area contributed by atoms with Gasteiger partial charge in [-0.2, -0.15) is 5.26 Å². The van der Waals surface area contributed by atoms with Crippen molar-refractivity contribution in [2.24, 2.45) is 0 Å². The quantitative estimate of drug-likeness (QED) is 0.756. The number of nitrogens with one attached hydrogen (secondary N) is 1. The lowest BCUT2D eigenvalue weighted by Gasteiger charge is -2.19. The summed E-state index contributed by atoms with van der Waals surface area (Å²) in [5, 5.41) is 30.2. The van der Waals surface area contributed by atoms with Crippen molar-refractivity contribution in [3.8, 4) is 6.07 Å². The maximum Gasteiger partial charge on any atom is 0.337 e. The van der Waals surface area contributed by atoms with Crippen molar-refractivity contribution in [1.82, 2.24) is 0 Å². The van der Waals surface area contributed by atoms with Crippen molar-refractivity contribution >= 4 is 23.3 Å². The summed E-state index contributed by atoms with van der Waals surface area (Å²) in [4.78, 5) is 10.7. The monoisotopic (exact) mass is 254 g/mol. The summed E-state index contributed by atoms with van der Waals surface area (Å²) in [6, 6.07) is 6.51. The molecule has 17 heavy (non-hydrogen) atoms. The topological polar surface area (TPSA) is 93.4 Å². The fraction of sp³-hybridized carbons (Fsp3) is 0.273. The molecule has 1 unspecified atom stereocenters. The molecule has 1 aromatic rings. The summed E-state index contributed by atoms with van der Waals surface area (Å²) in [6.07, 6.45) is 0. The average Bonchev–Trinajstić information content (AvgIpc) is 2.26. The number of aliphatic carboxylic acids is 1. The summed E-state index contributed by atoms with van der Waals surface area (Å²) < 4.78 is 0. The van der Waals surface area contributed by atoms with Gasteiger partial charge in [-0.1, -0.05) is 11.6 Å². The Kier molecular flexibility index (Phi) is 3.94. The van der Waals surface area contributed by atoms with E-state index in [-0.39, 0.29) is 6.54 Å². The number of carboxylic acids is 1. The Hall–Kier alpha value is -1.77. The van der Waals surface area contributed by atoms with E-state index in [0.717, 1.165) is 0 Å². The Morgan fingerprint density at radius 2 is 2.29 bits per heavy atom. The molecule has 0 bridgehead atoms. The molecule has 0 heterocycles. The van der Waals surface area contributed by atoms with Crippen molar-refractivity contribution in [1.29, 1.82) is 5.26 Å². The molecule has 0 fully saturated rings. The van der Waals surface area contributed by atoms with Gasteiger partial charge in [0.25, 0.3) is 0 Å². The molecule has 0 saturated carbocycles. The first kappa shape index (κ1) is 13.3. The molecule has 0 saturated heterocycles. The summed E-state index contributed by atoms with van der Waals surface area (Å²) in [5.41, 5.74) is -1.19. The number of carbonyl (C=O) groups is 1. The third-order valence-electron chi connectivity index (χ3n) is 2.19. The smallest absolute Gasteiger partial charge is 0.337 e. The summed E-state index contributed by atoms with van der Waals surface area (Å²) in [7, 11) is 0. The molecule has 6 heteroatoms. The summed E-state index contributed by atoms with van der Waals surface area (Å²) in [5.74, 6) is -1.34. The van der Waals surface area contributed by atoms with Gasteiger partial charge in [0.15, 0.2) is 5.60 Å². The second kappa shape index (κ2) is 5.04. The Morgan fingerprint density at radius 3 is 2.82 bits per heavy atom. The summed E-state index contributed by atoms with van der Waals surface area (Å²) in [6.45, 7) is 0.941. The number of hydrogen-bond acceptors (Lipinski definition) is 4. The number of nitriles is 1. The molecule has 0 amide bonds. The minimum absolute atomic E-state index is 0.225. The molecule has 90 valence electrons. The Labute approximate surface area is 103 Å². The second-order valence-electron chi connectivity index (χ2n) is 3.73. The SMILES string of the molecule is CC(O)(CNc1cc(Cl)ccc1C#N)C(=O)O. The van der Waals surface area contributed by atoms with Crippen molar-refractivity contribution < 1.29 is 15.0 Å². The zero-order chi connectivity index (χ0) is 13.1. The Bertz CT molecular complexity index is 480. The molecule has 0 radical (unpaired) electrons. The molecule has 0 aliphatic rings. The van der Waals surface area contributed by atoms with Crippen molar-refractivity contribution in [3.63, 3.8) is 0 Å². The minimum atomic E-state index is -1.91. The van der Waals surface area contributed by atoms with Gasteiger partial charge in [0.05, 0.1) is 17.8 Å². The van der Waals surface area contributed by atoms with E-state index < -0.39 is 11.6 Å². The number of aliphatic hydroxyl groups is 1. The highest BCUT2D eigenvalue weighted by atomic mass is 35.5. The molecule has 5 nitrogen and oxygen atoms in total. The highest BCUT2D eigenvalue weighted by Crippen LogP contribution is 2.21. The molecule has 0 aromatic heterocycles. The van der Waals surface area contributed by atoms with E-state index >= 15 is 0 Å². The van der Waals surface area contributed by atoms with Crippen LogP contribution < -0.4 is 5.32 Å². The van der Waals surface area contributed by atoms with E-state index in [4.69, 9.17) is 22.0 Å². The third kappa shape index (κ3) is 3.34. The Balaban J connectivity index is 2.86. The van der Waals surface area contributed by atoms with Crippen molar-refractivity contribution in [2.75, 3.05) is 11.9 Å². The highest BCUT2D eigenvalue weighted by molar-refractivity contribution is 6.30. The lowest BCUT2D eigenvalue weighted by Crippen LogP contribution is -2.41. The van der Waals surface area contributed by atoms with Gasteiger partial charge in [0.1, 0.15) is 6.07 Å². The van der Waals surface area contributed by atoms with Crippen LogP contribution >= 0.6 is 11.6 Å². The molecular weight excluding hydrogens is 244 g/mol. The molecule has 0 spiro atoms. The molecular formula is C11H11ClN2O3. The number of nitrogens with zero attached hydrogens (tertiary/aromatic N) is 1. The molecule has 1 atom stereocenters. The van der Waals surface area contributed by atoms with Crippen LogP contribution in [0, 0.1) is 11.3 Å². The largest absolute Gasteiger partial charge is 0.479 e. The number of halogens is 1. The van der Waals surface area contributed by atoms with E-state index in [1.54, 1.807) is 6.07 Å². The first-order valence-corrected chi connectivity index (χ1v) is 5.14. The molecule has 0 aliphatic carbocycles. The maximum atomic E-state index is 10.7. The molecule has 3 N–H and O–H groups in total. The predicted molar refractivity (Wildman–Crippen MR) is 62.9 cm³/mol. The second-order valence-corrected chi connectivity index (χ2v) is 4.17. The van der Waals surface area contributed by atoms with Crippen molar-refractivity contribution in [3.05, 3.63) is 28.8 Å². The zero-order valence-corrected chi connectivity index (χ0v) is 9.82. The van der Waals surface area contributed by atoms with Crippen LogP contribution in [0.4, 0.5) is 5.69 Å². The number of anilines is 1. The number of hydrogen-bond donors (Lipinski definition) is 3. The average molecular weight is 255 g/mol. The number of benzene rings is 1. The van der Waals surface area contributed by atoms with Crippen LogP contribution in [-0.4, -0.2) is 28.3 Å². The molecule has 0 aliphatic heterocycles. The lowest BCUT2D eigenvalue weighted by molar-refractivity contribution is -0.155. The van der Waals surface area contributed by atoms with Gasteiger partial charge in [0, 0.05) is 5.02 Å². The molecule has 1 aromatic carbocycles. The van der Waals surface area contributed by atoms with E-state index in [1.807, 2.05) is 6.07 Å².